The van der Waals surface area contributed by atoms with E-state index in [1.807, 2.05) is 121 Å². The third-order valence-electron chi connectivity index (χ3n) is 24.2. The number of aromatic amines is 1. The van der Waals surface area contributed by atoms with E-state index in [2.05, 4.69) is 31.1 Å². The molecule has 1 aliphatic heterocycles. The van der Waals surface area contributed by atoms with Crippen LogP contribution in [-0.4, -0.2) is 73.3 Å². The zero-order chi connectivity index (χ0) is 83.0. The first-order chi connectivity index (χ1) is 57.4. The van der Waals surface area contributed by atoms with Gasteiger partial charge in [-0.1, -0.05) is 395 Å². The highest BCUT2D eigenvalue weighted by Crippen LogP contribution is 2.48. The Morgan fingerprint density at radius 2 is 0.838 bits per heavy atom. The predicted octanol–water partition coefficient (Wildman–Crippen LogP) is 26.7. The first-order valence-corrected chi connectivity index (χ1v) is 47.0. The Morgan fingerprint density at radius 1 is 0.470 bits per heavy atom. The molecular formula is C102H155N3O12. The normalized spacial score (nSPS) is 14.7. The van der Waals surface area contributed by atoms with Crippen molar-refractivity contribution in [3.8, 4) is 28.7 Å². The topological polar surface area (TPSA) is 186 Å². The Labute approximate surface area is 706 Å². The van der Waals surface area contributed by atoms with E-state index in [0.29, 0.717) is 54.1 Å². The van der Waals surface area contributed by atoms with Gasteiger partial charge in [0.2, 0.25) is 11.7 Å². The summed E-state index contributed by atoms with van der Waals surface area (Å²) < 4.78 is 48.0. The van der Waals surface area contributed by atoms with Crippen LogP contribution in [0.3, 0.4) is 0 Å². The van der Waals surface area contributed by atoms with Crippen LogP contribution in [-0.2, 0) is 24.7 Å². The first kappa shape index (κ1) is 96.8. The predicted molar refractivity (Wildman–Crippen MR) is 480 cm³/mol. The Hall–Kier alpha value is -7.36. The maximum atomic E-state index is 15.6. The van der Waals surface area contributed by atoms with Gasteiger partial charge in [0.25, 0.3) is 5.56 Å². The molecule has 117 heavy (non-hydrogen) atoms. The molecule has 1 aliphatic rings. The lowest BCUT2D eigenvalue weighted by Crippen LogP contribution is -2.40. The van der Waals surface area contributed by atoms with Crippen molar-refractivity contribution in [2.24, 2.45) is 11.8 Å². The van der Waals surface area contributed by atoms with E-state index in [0.717, 1.165) is 73.6 Å². The van der Waals surface area contributed by atoms with Gasteiger partial charge in [-0.15, -0.1) is 0 Å². The molecule has 0 aliphatic carbocycles. The highest BCUT2D eigenvalue weighted by molar-refractivity contribution is 5.83. The molecule has 650 valence electrons. The van der Waals surface area contributed by atoms with Crippen molar-refractivity contribution in [2.45, 2.75) is 373 Å². The number of unbranched alkanes of at least 4 members (excludes halogenated alkanes) is 45. The molecule has 5 atom stereocenters. The van der Waals surface area contributed by atoms with Crippen LogP contribution in [0.15, 0.2) is 137 Å². The summed E-state index contributed by atoms with van der Waals surface area (Å²) in [5.74, 6) is -1.08. The largest absolute Gasteiger partial charge is 0.497 e. The second-order valence-electron chi connectivity index (χ2n) is 33.6. The fourth-order valence-electron chi connectivity index (χ4n) is 17.1. The summed E-state index contributed by atoms with van der Waals surface area (Å²) in [7, 11) is 3.23. The molecule has 0 radical (unpaired) electrons. The van der Waals surface area contributed by atoms with E-state index < -0.39 is 65.4 Å². The summed E-state index contributed by atoms with van der Waals surface area (Å²) in [6, 6.07) is 38.0. The van der Waals surface area contributed by atoms with Crippen LogP contribution in [0.25, 0.3) is 0 Å². The van der Waals surface area contributed by atoms with Crippen LogP contribution in [0.4, 0.5) is 0 Å². The average Bonchev–Trinajstić information content (AvgIpc) is 1.51. The Bertz CT molecular complexity index is 3630. The molecule has 3 N–H and O–H groups in total. The van der Waals surface area contributed by atoms with Gasteiger partial charge in [0, 0.05) is 29.7 Å². The molecule has 0 bridgehead atoms. The number of carbonyl (C=O) groups excluding carboxylic acids is 1. The van der Waals surface area contributed by atoms with E-state index >= 15 is 4.79 Å². The molecule has 0 saturated carbocycles. The minimum atomic E-state index is -1.36. The van der Waals surface area contributed by atoms with Crippen LogP contribution in [0.5, 0.6) is 28.7 Å². The van der Waals surface area contributed by atoms with Gasteiger partial charge in [0.15, 0.2) is 11.5 Å². The fraction of sp³-hybridized carbons (Fsp3) is 0.647. The number of rotatable bonds is 70. The minimum absolute atomic E-state index is 0.00642. The summed E-state index contributed by atoms with van der Waals surface area (Å²) in [6.45, 7) is 9.66. The third-order valence-corrected chi connectivity index (χ3v) is 24.2. The van der Waals surface area contributed by atoms with Crippen LogP contribution < -0.4 is 40.3 Å². The number of methoxy groups -OCH3 is 2. The molecule has 2 heterocycles. The van der Waals surface area contributed by atoms with Crippen molar-refractivity contribution >= 4 is 11.9 Å². The maximum absolute atomic E-state index is 15.6. The van der Waals surface area contributed by atoms with Gasteiger partial charge in [-0.2, -0.15) is 0 Å². The number of carboxylic acid groups (broad SMARTS) is 1. The standard InChI is InChI=1S/C102H155N3O12/c1-7-10-13-16-19-22-25-28-31-34-37-40-43-46-49-58-75-113-92-74-73-89(97(114-76-59-50-47-44-41-38-35-32-29-26-23-20-17-14-11-8-2)98(92)115-77-60-51-48-45-42-39-36-33-30-27-24-21-18-15-12-9-3)96(83-61-54-52-55-62-83)103-94(106)78-91(100(108)109)90-79-95(105-80-82(4)99(107)104-101(105)110)117-93(90)81-116-102(84-63-56-53-57-64-84,85-65-69-87(111-5)70-66-85)86-67-71-88(112-6)72-68-86/h52-57,61-74,80,90-91,93,95-96H,7-51,58-60,75-79,81H2,1-6H3,(H,103,106)(H,108,109)(H,104,107,110)/t90-,91?,93-,95-,96?/m1/s1. The number of aliphatic carboxylic acids is 1. The number of carboxylic acids is 1. The number of carbonyl (C=O) groups is 2. The highest BCUT2D eigenvalue weighted by Gasteiger charge is 2.48. The maximum Gasteiger partial charge on any atom is 0.330 e. The van der Waals surface area contributed by atoms with E-state index in [-0.39, 0.29) is 18.6 Å². The third kappa shape index (κ3) is 35.5. The molecule has 0 spiro atoms. The first-order valence-electron chi connectivity index (χ1n) is 47.0. The Balaban J connectivity index is 1.14. The van der Waals surface area contributed by atoms with E-state index in [1.54, 1.807) is 21.1 Å². The molecule has 15 nitrogen and oxygen atoms in total. The molecule has 15 heteroatoms. The van der Waals surface area contributed by atoms with Crippen molar-refractivity contribution in [3.05, 3.63) is 182 Å². The molecule has 2 unspecified atom stereocenters. The lowest BCUT2D eigenvalue weighted by atomic mass is 9.79. The van der Waals surface area contributed by atoms with Gasteiger partial charge in [-0.25, -0.2) is 4.79 Å². The Morgan fingerprint density at radius 3 is 1.23 bits per heavy atom. The lowest BCUT2D eigenvalue weighted by Gasteiger charge is -2.37. The van der Waals surface area contributed by atoms with Crippen molar-refractivity contribution in [1.82, 2.24) is 14.9 Å². The van der Waals surface area contributed by atoms with Gasteiger partial charge in [0.1, 0.15) is 23.3 Å². The van der Waals surface area contributed by atoms with E-state index in [1.165, 1.54) is 268 Å². The summed E-state index contributed by atoms with van der Waals surface area (Å²) in [6.07, 6.45) is 60.0. The van der Waals surface area contributed by atoms with Gasteiger partial charge in [-0.05, 0) is 91.3 Å². The monoisotopic (exact) mass is 1610 g/mol. The van der Waals surface area contributed by atoms with Gasteiger partial charge in [-0.3, -0.25) is 23.9 Å². The van der Waals surface area contributed by atoms with Crippen molar-refractivity contribution < 1.29 is 47.9 Å². The number of hydrogen-bond donors (Lipinski definition) is 3. The van der Waals surface area contributed by atoms with Crippen LogP contribution in [0.2, 0.25) is 0 Å². The summed E-state index contributed by atoms with van der Waals surface area (Å²) in [5, 5.41) is 15.1. The summed E-state index contributed by atoms with van der Waals surface area (Å²) >= 11 is 0. The zero-order valence-electron chi connectivity index (χ0n) is 73.6. The number of nitrogens with one attached hydrogen (secondary N) is 2. The number of ether oxygens (including phenoxy) is 7. The number of H-pyrrole nitrogens is 1. The quantitative estimate of drug-likeness (QED) is 0.0243. The smallest absolute Gasteiger partial charge is 0.330 e. The van der Waals surface area contributed by atoms with Crippen LogP contribution in [0.1, 0.15) is 387 Å². The molecular weight excluding hydrogens is 1460 g/mol. The molecule has 5 aromatic carbocycles. The SMILES string of the molecule is CCCCCCCCCCCCCCCCCCOc1ccc(C(NC(=O)CC(C(=O)O)[C@H]2C[C@H](n3cc(C)c(=O)[nH]c3=O)O[C@@H]2COC(c2ccccc2)(c2ccc(OC)cc2)c2ccc(OC)cc2)c2ccccc2)c(OCCCCCCCCCCCCCCCCCC)c1OCCCCCCCCCCCCCCCCCC. The number of aryl methyl sites for hydroxylation is 1. The number of benzene rings is 5. The zero-order valence-corrected chi connectivity index (χ0v) is 73.6. The van der Waals surface area contributed by atoms with Gasteiger partial charge < -0.3 is 43.6 Å². The van der Waals surface area contributed by atoms with Crippen LogP contribution in [0, 0.1) is 18.8 Å². The number of hydrogen-bond acceptors (Lipinski definition) is 11. The molecule has 1 aromatic heterocycles. The van der Waals surface area contributed by atoms with E-state index in [9.17, 15) is 19.5 Å². The molecule has 1 fully saturated rings. The number of amides is 1. The van der Waals surface area contributed by atoms with Crippen LogP contribution >= 0.6 is 0 Å². The summed E-state index contributed by atoms with van der Waals surface area (Å²) in [5.41, 5.74) is 1.41. The molecule has 6 aromatic rings. The van der Waals surface area contributed by atoms with Crippen molar-refractivity contribution in [1.29, 1.82) is 0 Å². The molecule has 1 amide bonds. The molecule has 7 rings (SSSR count). The van der Waals surface area contributed by atoms with E-state index in [4.69, 9.17) is 33.2 Å². The van der Waals surface area contributed by atoms with Gasteiger partial charge in [0.05, 0.1) is 58.7 Å². The lowest BCUT2D eigenvalue weighted by molar-refractivity contribution is -0.148. The Kier molecular flexibility index (Phi) is 49.1. The number of aromatic nitrogens is 2. The average molecular weight is 1620 g/mol. The van der Waals surface area contributed by atoms with Gasteiger partial charge >= 0.3 is 11.7 Å². The highest BCUT2D eigenvalue weighted by atomic mass is 16.6. The second-order valence-corrected chi connectivity index (χ2v) is 33.6. The summed E-state index contributed by atoms with van der Waals surface area (Å²) in [4.78, 5) is 59.1. The molecule has 1 saturated heterocycles. The number of nitrogens with zero attached hydrogens (tertiary/aromatic N) is 1. The second kappa shape index (κ2) is 59.3. The van der Waals surface area contributed by atoms with Crippen molar-refractivity contribution in [2.75, 3.05) is 40.6 Å². The van der Waals surface area contributed by atoms with Crippen molar-refractivity contribution in [3.63, 3.8) is 0 Å². The minimum Gasteiger partial charge on any atom is -0.497 e. The fourth-order valence-corrected chi connectivity index (χ4v) is 17.1.